The fraction of sp³-hybridized carbons (Fsp3) is 0. The summed E-state index contributed by atoms with van der Waals surface area (Å²) in [4.78, 5) is 7.96. The predicted octanol–water partition coefficient (Wildman–Crippen LogP) is 3.03. The summed E-state index contributed by atoms with van der Waals surface area (Å²) in [6.45, 7) is 0. The molecule has 17 heavy (non-hydrogen) atoms. The predicted molar refractivity (Wildman–Crippen MR) is 65.8 cm³/mol. The first-order valence-electron chi connectivity index (χ1n) is 4.91. The van der Waals surface area contributed by atoms with E-state index in [1.54, 1.807) is 23.7 Å². The first-order chi connectivity index (χ1) is 8.27. The van der Waals surface area contributed by atoms with Crippen LogP contribution in [0.3, 0.4) is 0 Å². The normalized spacial score (nSPS) is 12.8. The van der Waals surface area contributed by atoms with Gasteiger partial charge in [0.25, 0.3) is 0 Å². The third-order valence-corrected chi connectivity index (χ3v) is 3.11. The summed E-state index contributed by atoms with van der Waals surface area (Å²) in [5.74, 6) is -0.387. The summed E-state index contributed by atoms with van der Waals surface area (Å²) in [5.41, 5.74) is 0.244. The van der Waals surface area contributed by atoms with Crippen LogP contribution in [-0.2, 0) is 10.7 Å². The molecule has 1 unspecified atom stereocenters. The number of nitrogens with zero attached hydrogens (tertiary/aromatic N) is 2. The number of pyridine rings is 2. The Hall–Kier alpha value is -1.88. The van der Waals surface area contributed by atoms with E-state index in [1.165, 1.54) is 24.4 Å². The second-order valence-corrected chi connectivity index (χ2v) is 4.54. The van der Waals surface area contributed by atoms with Crippen LogP contribution < -0.4 is 0 Å². The molecular formula is C12H10FN3S. The summed E-state index contributed by atoms with van der Waals surface area (Å²) >= 11 is 0. The van der Waals surface area contributed by atoms with Crippen molar-refractivity contribution >= 4 is 16.8 Å². The molecule has 0 saturated carbocycles. The molecule has 0 amide bonds. The minimum atomic E-state index is -0.891. The molecule has 0 bridgehead atoms. The standard InChI is InChI=1S/C12H10FN3S/c13-10-4-3-8-15-11(10)6-9-17(14)12-5-1-2-7-16-12/h1-9,14H/b9-6+. The van der Waals surface area contributed by atoms with E-state index >= 15 is 0 Å². The molecule has 5 heteroatoms. The van der Waals surface area contributed by atoms with Gasteiger partial charge in [-0.05, 0) is 46.4 Å². The molecule has 0 aliphatic carbocycles. The Morgan fingerprint density at radius 1 is 1.12 bits per heavy atom. The van der Waals surface area contributed by atoms with Crippen LogP contribution in [0, 0.1) is 10.6 Å². The number of hydrogen-bond donors (Lipinski definition) is 1. The van der Waals surface area contributed by atoms with E-state index in [4.69, 9.17) is 4.78 Å². The third kappa shape index (κ3) is 3.04. The van der Waals surface area contributed by atoms with Gasteiger partial charge >= 0.3 is 0 Å². The van der Waals surface area contributed by atoms with Crippen molar-refractivity contribution in [3.05, 3.63) is 59.6 Å². The van der Waals surface area contributed by atoms with Gasteiger partial charge in [-0.1, -0.05) is 6.07 Å². The van der Waals surface area contributed by atoms with Crippen LogP contribution in [0.2, 0.25) is 0 Å². The molecule has 3 nitrogen and oxygen atoms in total. The molecule has 0 aliphatic heterocycles. The lowest BCUT2D eigenvalue weighted by Gasteiger charge is -1.98. The molecule has 2 aromatic rings. The number of rotatable bonds is 3. The zero-order valence-electron chi connectivity index (χ0n) is 8.88. The van der Waals surface area contributed by atoms with Crippen molar-refractivity contribution in [3.63, 3.8) is 0 Å². The van der Waals surface area contributed by atoms with Crippen LogP contribution in [0.25, 0.3) is 6.08 Å². The van der Waals surface area contributed by atoms with Gasteiger partial charge in [0.1, 0.15) is 10.8 Å². The highest BCUT2D eigenvalue weighted by atomic mass is 32.2. The topological polar surface area (TPSA) is 49.6 Å². The van der Waals surface area contributed by atoms with Gasteiger partial charge in [-0.2, -0.15) is 0 Å². The van der Waals surface area contributed by atoms with Gasteiger partial charge in [0.15, 0.2) is 0 Å². The summed E-state index contributed by atoms with van der Waals surface area (Å²) in [6.07, 6.45) is 4.67. The van der Waals surface area contributed by atoms with Gasteiger partial charge in [0.05, 0.1) is 5.69 Å². The van der Waals surface area contributed by atoms with Crippen LogP contribution in [0.15, 0.2) is 53.2 Å². The SMILES string of the molecule is N=S(/C=C/c1ncccc1F)c1ccccn1. The minimum absolute atomic E-state index is 0.244. The van der Waals surface area contributed by atoms with Crippen LogP contribution in [-0.4, -0.2) is 9.97 Å². The van der Waals surface area contributed by atoms with Crippen LogP contribution in [0.1, 0.15) is 5.69 Å². The van der Waals surface area contributed by atoms with Gasteiger partial charge in [-0.3, -0.25) is 9.76 Å². The Kier molecular flexibility index (Phi) is 3.72. The quantitative estimate of drug-likeness (QED) is 0.906. The Balaban J connectivity index is 2.17. The number of nitrogens with one attached hydrogen (secondary N) is 1. The molecule has 2 aromatic heterocycles. The number of aromatic nitrogens is 2. The van der Waals surface area contributed by atoms with E-state index in [9.17, 15) is 4.39 Å². The van der Waals surface area contributed by atoms with Gasteiger partial charge in [0.2, 0.25) is 0 Å². The molecule has 0 saturated heterocycles. The largest absolute Gasteiger partial charge is 0.270 e. The molecule has 0 fully saturated rings. The molecule has 0 spiro atoms. The zero-order chi connectivity index (χ0) is 12.1. The third-order valence-electron chi connectivity index (χ3n) is 2.01. The fourth-order valence-corrected chi connectivity index (χ4v) is 2.00. The molecule has 2 heterocycles. The molecule has 0 aromatic carbocycles. The van der Waals surface area contributed by atoms with E-state index in [2.05, 4.69) is 9.97 Å². The fourth-order valence-electron chi connectivity index (χ4n) is 1.20. The Morgan fingerprint density at radius 2 is 1.94 bits per heavy atom. The minimum Gasteiger partial charge on any atom is -0.270 e. The maximum absolute atomic E-state index is 13.3. The van der Waals surface area contributed by atoms with Gasteiger partial charge < -0.3 is 0 Å². The second kappa shape index (κ2) is 5.45. The molecule has 0 aliphatic rings. The van der Waals surface area contributed by atoms with Crippen molar-refractivity contribution < 1.29 is 4.39 Å². The first-order valence-corrected chi connectivity index (χ1v) is 6.20. The van der Waals surface area contributed by atoms with Gasteiger partial charge in [-0.15, -0.1) is 0 Å². The van der Waals surface area contributed by atoms with E-state index in [1.807, 2.05) is 6.07 Å². The lowest BCUT2D eigenvalue weighted by Crippen LogP contribution is -1.89. The van der Waals surface area contributed by atoms with Crippen molar-refractivity contribution in [3.8, 4) is 0 Å². The highest BCUT2D eigenvalue weighted by Gasteiger charge is 1.99. The monoisotopic (exact) mass is 247 g/mol. The highest BCUT2D eigenvalue weighted by Crippen LogP contribution is 2.08. The zero-order valence-corrected chi connectivity index (χ0v) is 9.69. The molecule has 1 N–H and O–H groups in total. The van der Waals surface area contributed by atoms with Crippen LogP contribution in [0.5, 0.6) is 0 Å². The number of halogens is 1. The maximum atomic E-state index is 13.3. The van der Waals surface area contributed by atoms with Crippen LogP contribution >= 0.6 is 0 Å². The molecule has 0 radical (unpaired) electrons. The van der Waals surface area contributed by atoms with E-state index in [0.29, 0.717) is 5.03 Å². The summed E-state index contributed by atoms with van der Waals surface area (Å²) in [6, 6.07) is 8.27. The van der Waals surface area contributed by atoms with E-state index in [-0.39, 0.29) is 11.5 Å². The van der Waals surface area contributed by atoms with Crippen molar-refractivity contribution in [2.75, 3.05) is 0 Å². The van der Waals surface area contributed by atoms with Crippen molar-refractivity contribution in [1.82, 2.24) is 9.97 Å². The highest BCUT2D eigenvalue weighted by molar-refractivity contribution is 7.89. The van der Waals surface area contributed by atoms with Crippen molar-refractivity contribution in [1.29, 1.82) is 4.78 Å². The molecular weight excluding hydrogens is 237 g/mol. The van der Waals surface area contributed by atoms with E-state index in [0.717, 1.165) is 0 Å². The molecule has 86 valence electrons. The van der Waals surface area contributed by atoms with Crippen LogP contribution in [0.4, 0.5) is 4.39 Å². The Bertz CT molecular complexity index is 555. The lowest BCUT2D eigenvalue weighted by molar-refractivity contribution is 0.618. The summed E-state index contributed by atoms with van der Waals surface area (Å²) < 4.78 is 21.1. The Labute approximate surface area is 101 Å². The van der Waals surface area contributed by atoms with Crippen molar-refractivity contribution in [2.24, 2.45) is 0 Å². The van der Waals surface area contributed by atoms with Crippen molar-refractivity contribution in [2.45, 2.75) is 5.03 Å². The molecule has 2 rings (SSSR count). The van der Waals surface area contributed by atoms with E-state index < -0.39 is 10.7 Å². The lowest BCUT2D eigenvalue weighted by atomic mass is 10.3. The molecule has 1 atom stereocenters. The summed E-state index contributed by atoms with van der Waals surface area (Å²) in [7, 11) is -0.891. The second-order valence-electron chi connectivity index (χ2n) is 3.18. The number of hydrogen-bond acceptors (Lipinski definition) is 3. The maximum Gasteiger partial charge on any atom is 0.148 e. The average molecular weight is 247 g/mol. The first kappa shape index (κ1) is 11.6. The smallest absolute Gasteiger partial charge is 0.148 e. The van der Waals surface area contributed by atoms with Gasteiger partial charge in [-0.25, -0.2) is 9.37 Å². The summed E-state index contributed by atoms with van der Waals surface area (Å²) in [5, 5.41) is 2.24. The Morgan fingerprint density at radius 3 is 2.65 bits per heavy atom. The average Bonchev–Trinajstić information content (AvgIpc) is 2.38. The van der Waals surface area contributed by atoms with Gasteiger partial charge in [0, 0.05) is 12.4 Å².